The molecule has 1 aromatic rings. The van der Waals surface area contributed by atoms with Crippen molar-refractivity contribution in [1.82, 2.24) is 10.9 Å². The summed E-state index contributed by atoms with van der Waals surface area (Å²) in [4.78, 5) is 23.1. The highest BCUT2D eigenvalue weighted by Gasteiger charge is 2.28. The van der Waals surface area contributed by atoms with Crippen molar-refractivity contribution < 1.29 is 14.3 Å². The smallest absolute Gasteiger partial charge is 0.249 e. The molecule has 21 heavy (non-hydrogen) atoms. The zero-order valence-corrected chi connectivity index (χ0v) is 11.8. The second-order valence-electron chi connectivity index (χ2n) is 4.55. The van der Waals surface area contributed by atoms with E-state index in [9.17, 15) is 9.59 Å². The number of benzene rings is 1. The summed E-state index contributed by atoms with van der Waals surface area (Å²) in [6.45, 7) is 1.70. The van der Waals surface area contributed by atoms with E-state index in [1.165, 1.54) is 6.21 Å². The molecule has 2 rings (SSSR count). The zero-order chi connectivity index (χ0) is 15.2. The lowest BCUT2D eigenvalue weighted by molar-refractivity contribution is -0.127. The molecular formula is C14H16N4O3. The molecule has 0 aliphatic carbocycles. The third-order valence-electron chi connectivity index (χ3n) is 3.07. The summed E-state index contributed by atoms with van der Waals surface area (Å²) in [6.07, 6.45) is 1.55. The third-order valence-corrected chi connectivity index (χ3v) is 3.07. The van der Waals surface area contributed by atoms with Gasteiger partial charge in [-0.1, -0.05) is 0 Å². The SMILES string of the molecule is COc1ccc(/C=N\NC(=O)C[C@@H]2C(=O)NN=C2C)cc1. The Labute approximate surface area is 122 Å². The molecule has 1 aliphatic rings. The molecule has 0 fully saturated rings. The van der Waals surface area contributed by atoms with E-state index >= 15 is 0 Å². The molecule has 2 amide bonds. The first kappa shape index (κ1) is 14.7. The van der Waals surface area contributed by atoms with Crippen LogP contribution in [-0.4, -0.2) is 30.9 Å². The molecule has 1 heterocycles. The summed E-state index contributed by atoms with van der Waals surface area (Å²) in [6, 6.07) is 7.23. The molecule has 0 radical (unpaired) electrons. The van der Waals surface area contributed by atoms with Gasteiger partial charge < -0.3 is 4.74 Å². The molecule has 7 nitrogen and oxygen atoms in total. The molecule has 7 heteroatoms. The van der Waals surface area contributed by atoms with Crippen LogP contribution in [0, 0.1) is 5.92 Å². The van der Waals surface area contributed by atoms with Crippen molar-refractivity contribution in [1.29, 1.82) is 0 Å². The van der Waals surface area contributed by atoms with Gasteiger partial charge in [0.1, 0.15) is 5.75 Å². The Morgan fingerprint density at radius 2 is 2.19 bits per heavy atom. The number of rotatable bonds is 5. The van der Waals surface area contributed by atoms with Crippen molar-refractivity contribution in [2.75, 3.05) is 7.11 Å². The van der Waals surface area contributed by atoms with Crippen molar-refractivity contribution >= 4 is 23.7 Å². The van der Waals surface area contributed by atoms with Crippen molar-refractivity contribution in [2.45, 2.75) is 13.3 Å². The Hall–Kier alpha value is -2.70. The summed E-state index contributed by atoms with van der Waals surface area (Å²) in [5, 5.41) is 7.63. The van der Waals surface area contributed by atoms with Gasteiger partial charge in [-0.2, -0.15) is 10.2 Å². The van der Waals surface area contributed by atoms with Crippen molar-refractivity contribution in [3.8, 4) is 5.75 Å². The summed E-state index contributed by atoms with van der Waals surface area (Å²) >= 11 is 0. The van der Waals surface area contributed by atoms with Gasteiger partial charge in [0.15, 0.2) is 0 Å². The van der Waals surface area contributed by atoms with Gasteiger partial charge in [-0.15, -0.1) is 0 Å². The Morgan fingerprint density at radius 1 is 1.48 bits per heavy atom. The number of nitrogens with one attached hydrogen (secondary N) is 2. The summed E-state index contributed by atoms with van der Waals surface area (Å²) in [7, 11) is 1.59. The normalized spacial score (nSPS) is 17.5. The highest BCUT2D eigenvalue weighted by Crippen LogP contribution is 2.11. The lowest BCUT2D eigenvalue weighted by Crippen LogP contribution is -2.29. The molecule has 2 N–H and O–H groups in total. The number of hydrogen-bond donors (Lipinski definition) is 2. The molecule has 0 aromatic heterocycles. The van der Waals surface area contributed by atoms with Crippen molar-refractivity contribution in [3.63, 3.8) is 0 Å². The van der Waals surface area contributed by atoms with Gasteiger partial charge in [-0.05, 0) is 36.8 Å². The van der Waals surface area contributed by atoms with Crippen LogP contribution in [0.4, 0.5) is 0 Å². The fraction of sp³-hybridized carbons (Fsp3) is 0.286. The van der Waals surface area contributed by atoms with E-state index in [-0.39, 0.29) is 18.2 Å². The lowest BCUT2D eigenvalue weighted by atomic mass is 10.0. The number of carbonyl (C=O) groups is 2. The number of hydrazone groups is 2. The summed E-state index contributed by atoms with van der Waals surface area (Å²) < 4.78 is 5.04. The summed E-state index contributed by atoms with van der Waals surface area (Å²) in [5.74, 6) is -0.363. The molecule has 0 bridgehead atoms. The molecule has 1 aromatic carbocycles. The largest absolute Gasteiger partial charge is 0.497 e. The highest BCUT2D eigenvalue weighted by atomic mass is 16.5. The molecule has 0 unspecified atom stereocenters. The highest BCUT2D eigenvalue weighted by molar-refractivity contribution is 6.09. The van der Waals surface area contributed by atoms with Crippen LogP contribution in [-0.2, 0) is 9.59 Å². The number of methoxy groups -OCH3 is 1. The first-order valence-electron chi connectivity index (χ1n) is 6.40. The van der Waals surface area contributed by atoms with Crippen LogP contribution in [0.25, 0.3) is 0 Å². The van der Waals surface area contributed by atoms with Gasteiger partial charge >= 0.3 is 0 Å². The maximum Gasteiger partial charge on any atom is 0.249 e. The molecular weight excluding hydrogens is 272 g/mol. The van der Waals surface area contributed by atoms with Gasteiger partial charge in [0.2, 0.25) is 11.8 Å². The van der Waals surface area contributed by atoms with Crippen LogP contribution < -0.4 is 15.6 Å². The fourth-order valence-corrected chi connectivity index (χ4v) is 1.83. The first-order valence-corrected chi connectivity index (χ1v) is 6.40. The van der Waals surface area contributed by atoms with Crippen LogP contribution in [0.1, 0.15) is 18.9 Å². The van der Waals surface area contributed by atoms with Gasteiger partial charge in [0, 0.05) is 12.1 Å². The Bertz CT molecular complexity index is 593. The maximum absolute atomic E-state index is 11.7. The average molecular weight is 288 g/mol. The van der Waals surface area contributed by atoms with Crippen LogP contribution in [0.5, 0.6) is 5.75 Å². The Balaban J connectivity index is 1.84. The van der Waals surface area contributed by atoms with E-state index < -0.39 is 5.92 Å². The van der Waals surface area contributed by atoms with E-state index in [1.807, 2.05) is 12.1 Å². The van der Waals surface area contributed by atoms with Crippen LogP contribution in [0.3, 0.4) is 0 Å². The van der Waals surface area contributed by atoms with Gasteiger partial charge in [-0.25, -0.2) is 10.9 Å². The Morgan fingerprint density at radius 3 is 2.76 bits per heavy atom. The van der Waals surface area contributed by atoms with Gasteiger partial charge in [0.25, 0.3) is 0 Å². The molecule has 0 saturated carbocycles. The topological polar surface area (TPSA) is 92.1 Å². The molecule has 1 aliphatic heterocycles. The minimum atomic E-state index is -0.513. The molecule has 1 atom stereocenters. The first-order chi connectivity index (χ1) is 10.1. The number of ether oxygens (including phenoxy) is 1. The Kier molecular flexibility index (Phi) is 4.65. The predicted molar refractivity (Wildman–Crippen MR) is 78.1 cm³/mol. The van der Waals surface area contributed by atoms with Crippen molar-refractivity contribution in [2.24, 2.45) is 16.1 Å². The standard InChI is InChI=1S/C14H16N4O3/c1-9-12(14(20)18-16-9)7-13(19)17-15-8-10-3-5-11(21-2)6-4-10/h3-6,8,12H,7H2,1-2H3,(H,17,19)(H,18,20)/b15-8-/t12-/m0/s1. The van der Waals surface area contributed by atoms with Crippen molar-refractivity contribution in [3.05, 3.63) is 29.8 Å². The fourth-order valence-electron chi connectivity index (χ4n) is 1.83. The molecule has 0 spiro atoms. The summed E-state index contributed by atoms with van der Waals surface area (Å²) in [5.41, 5.74) is 6.16. The van der Waals surface area contributed by atoms with Crippen LogP contribution in [0.2, 0.25) is 0 Å². The molecule has 110 valence electrons. The minimum Gasteiger partial charge on any atom is -0.497 e. The minimum absolute atomic E-state index is 0.0289. The number of hydrogen-bond acceptors (Lipinski definition) is 5. The number of nitrogens with zero attached hydrogens (tertiary/aromatic N) is 2. The predicted octanol–water partition coefficient (Wildman–Crippen LogP) is 0.657. The maximum atomic E-state index is 11.7. The lowest BCUT2D eigenvalue weighted by Gasteiger charge is -2.05. The monoisotopic (exact) mass is 288 g/mol. The van der Waals surface area contributed by atoms with E-state index in [0.29, 0.717) is 5.71 Å². The van der Waals surface area contributed by atoms with E-state index in [4.69, 9.17) is 4.74 Å². The van der Waals surface area contributed by atoms with Gasteiger partial charge in [0.05, 0.1) is 19.2 Å². The van der Waals surface area contributed by atoms with E-state index in [1.54, 1.807) is 26.2 Å². The van der Waals surface area contributed by atoms with E-state index in [2.05, 4.69) is 21.1 Å². The number of amides is 2. The number of carbonyl (C=O) groups excluding carboxylic acids is 2. The van der Waals surface area contributed by atoms with Gasteiger partial charge in [-0.3, -0.25) is 9.59 Å². The zero-order valence-electron chi connectivity index (χ0n) is 11.8. The second kappa shape index (κ2) is 6.65. The average Bonchev–Trinajstić information content (AvgIpc) is 2.80. The second-order valence-corrected chi connectivity index (χ2v) is 4.55. The quantitative estimate of drug-likeness (QED) is 0.615. The van der Waals surface area contributed by atoms with Crippen LogP contribution >= 0.6 is 0 Å². The molecule has 0 saturated heterocycles. The third kappa shape index (κ3) is 3.88. The van der Waals surface area contributed by atoms with Crippen LogP contribution in [0.15, 0.2) is 34.5 Å². The van der Waals surface area contributed by atoms with E-state index in [0.717, 1.165) is 11.3 Å².